The zero-order valence-electron chi connectivity index (χ0n) is 11.2. The first-order valence-corrected chi connectivity index (χ1v) is 6.51. The SMILES string of the molecule is CCCCCCCNC(=O)N=C1NC(=O)CN1C. The molecule has 6 heteroatoms. The van der Waals surface area contributed by atoms with Crippen LogP contribution in [0.4, 0.5) is 4.79 Å². The Hall–Kier alpha value is -1.59. The van der Waals surface area contributed by atoms with Crippen LogP contribution in [0.15, 0.2) is 4.99 Å². The molecule has 0 atom stereocenters. The second kappa shape index (κ2) is 7.68. The van der Waals surface area contributed by atoms with Crippen molar-refractivity contribution >= 4 is 17.9 Å². The van der Waals surface area contributed by atoms with Crippen molar-refractivity contribution < 1.29 is 9.59 Å². The van der Waals surface area contributed by atoms with Crippen molar-refractivity contribution in [2.24, 2.45) is 4.99 Å². The Bertz CT molecular complexity index is 328. The Balaban J connectivity index is 2.17. The van der Waals surface area contributed by atoms with E-state index in [1.165, 1.54) is 19.3 Å². The lowest BCUT2D eigenvalue weighted by atomic mass is 10.1. The summed E-state index contributed by atoms with van der Waals surface area (Å²) in [5, 5.41) is 5.25. The predicted octanol–water partition coefficient (Wildman–Crippen LogP) is 1.08. The molecule has 1 aliphatic heterocycles. The first kappa shape index (κ1) is 14.5. The van der Waals surface area contributed by atoms with Gasteiger partial charge in [-0.15, -0.1) is 0 Å². The number of carbonyl (C=O) groups excluding carboxylic acids is 2. The van der Waals surface area contributed by atoms with Gasteiger partial charge in [0.25, 0.3) is 0 Å². The zero-order chi connectivity index (χ0) is 13.4. The molecule has 1 rings (SSSR count). The third-order valence-corrected chi connectivity index (χ3v) is 2.76. The van der Waals surface area contributed by atoms with E-state index in [1.54, 1.807) is 11.9 Å². The maximum Gasteiger partial charge on any atom is 0.344 e. The van der Waals surface area contributed by atoms with E-state index in [-0.39, 0.29) is 12.5 Å². The van der Waals surface area contributed by atoms with E-state index in [1.807, 2.05) is 0 Å². The van der Waals surface area contributed by atoms with Gasteiger partial charge in [-0.05, 0) is 6.42 Å². The van der Waals surface area contributed by atoms with E-state index in [9.17, 15) is 9.59 Å². The summed E-state index contributed by atoms with van der Waals surface area (Å²) in [5.74, 6) is 0.187. The van der Waals surface area contributed by atoms with E-state index in [0.29, 0.717) is 12.5 Å². The maximum atomic E-state index is 11.5. The summed E-state index contributed by atoms with van der Waals surface area (Å²) < 4.78 is 0. The quantitative estimate of drug-likeness (QED) is 0.697. The Morgan fingerprint density at radius 2 is 2.11 bits per heavy atom. The molecule has 0 aliphatic carbocycles. The largest absolute Gasteiger partial charge is 0.344 e. The van der Waals surface area contributed by atoms with Crippen LogP contribution in [0.2, 0.25) is 0 Å². The van der Waals surface area contributed by atoms with E-state index in [2.05, 4.69) is 22.5 Å². The molecule has 0 aromatic heterocycles. The average molecular weight is 254 g/mol. The number of amides is 3. The molecule has 2 N–H and O–H groups in total. The van der Waals surface area contributed by atoms with Crippen molar-refractivity contribution in [1.29, 1.82) is 0 Å². The second-order valence-electron chi connectivity index (χ2n) is 4.49. The number of carbonyl (C=O) groups is 2. The van der Waals surface area contributed by atoms with E-state index >= 15 is 0 Å². The Morgan fingerprint density at radius 1 is 1.39 bits per heavy atom. The Morgan fingerprint density at radius 3 is 2.72 bits per heavy atom. The number of likely N-dealkylation sites (N-methyl/N-ethyl adjacent to an activating group) is 1. The minimum Gasteiger partial charge on any atom is -0.336 e. The molecule has 0 saturated carbocycles. The van der Waals surface area contributed by atoms with Crippen molar-refractivity contribution in [3.63, 3.8) is 0 Å². The van der Waals surface area contributed by atoms with Gasteiger partial charge in [-0.3, -0.25) is 10.1 Å². The summed E-state index contributed by atoms with van der Waals surface area (Å²) in [6, 6.07) is -0.394. The van der Waals surface area contributed by atoms with Crippen molar-refractivity contribution in [3.8, 4) is 0 Å². The minimum atomic E-state index is -0.394. The van der Waals surface area contributed by atoms with Crippen molar-refractivity contribution in [2.75, 3.05) is 20.1 Å². The predicted molar refractivity (Wildman–Crippen MR) is 70.4 cm³/mol. The molecular weight excluding hydrogens is 232 g/mol. The number of nitrogens with zero attached hydrogens (tertiary/aromatic N) is 2. The van der Waals surface area contributed by atoms with Gasteiger partial charge in [-0.1, -0.05) is 32.6 Å². The molecule has 0 radical (unpaired) electrons. The van der Waals surface area contributed by atoms with Gasteiger partial charge >= 0.3 is 6.03 Å². The number of urea groups is 1. The lowest BCUT2D eigenvalue weighted by molar-refractivity contribution is -0.118. The highest BCUT2D eigenvalue weighted by molar-refractivity contribution is 6.07. The molecule has 1 fully saturated rings. The summed E-state index contributed by atoms with van der Waals surface area (Å²) in [6.07, 6.45) is 5.76. The van der Waals surface area contributed by atoms with Crippen LogP contribution >= 0.6 is 0 Å². The summed E-state index contributed by atoms with van der Waals surface area (Å²) in [4.78, 5) is 27.9. The van der Waals surface area contributed by atoms with Crippen LogP contribution in [-0.4, -0.2) is 42.9 Å². The molecule has 1 heterocycles. The number of hydrogen-bond donors (Lipinski definition) is 2. The lowest BCUT2D eigenvalue weighted by Gasteiger charge is -2.08. The third kappa shape index (κ3) is 5.16. The highest BCUT2D eigenvalue weighted by Crippen LogP contribution is 2.01. The number of rotatable bonds is 6. The summed E-state index contributed by atoms with van der Waals surface area (Å²) in [7, 11) is 1.72. The molecule has 3 amide bonds. The second-order valence-corrected chi connectivity index (χ2v) is 4.49. The molecule has 6 nitrogen and oxygen atoms in total. The van der Waals surface area contributed by atoms with Crippen LogP contribution in [0, 0.1) is 0 Å². The van der Waals surface area contributed by atoms with E-state index < -0.39 is 6.03 Å². The van der Waals surface area contributed by atoms with E-state index in [0.717, 1.165) is 12.8 Å². The molecule has 1 aliphatic rings. The molecule has 0 unspecified atom stereocenters. The third-order valence-electron chi connectivity index (χ3n) is 2.76. The highest BCUT2D eigenvalue weighted by Gasteiger charge is 2.21. The normalized spacial score (nSPS) is 17.1. The summed E-state index contributed by atoms with van der Waals surface area (Å²) in [6.45, 7) is 3.06. The molecule has 0 aromatic carbocycles. The fraction of sp³-hybridized carbons (Fsp3) is 0.750. The van der Waals surface area contributed by atoms with Crippen LogP contribution in [0.1, 0.15) is 39.0 Å². The summed E-state index contributed by atoms with van der Waals surface area (Å²) in [5.41, 5.74) is 0. The number of hydrogen-bond acceptors (Lipinski definition) is 2. The fourth-order valence-corrected chi connectivity index (χ4v) is 1.72. The van der Waals surface area contributed by atoms with Crippen molar-refractivity contribution in [3.05, 3.63) is 0 Å². The minimum absolute atomic E-state index is 0.136. The Kier molecular flexibility index (Phi) is 6.18. The van der Waals surface area contributed by atoms with Gasteiger partial charge in [0.1, 0.15) is 0 Å². The van der Waals surface area contributed by atoms with Crippen LogP contribution in [0.3, 0.4) is 0 Å². The van der Waals surface area contributed by atoms with Crippen LogP contribution in [-0.2, 0) is 4.79 Å². The molecule has 0 spiro atoms. The smallest absolute Gasteiger partial charge is 0.336 e. The van der Waals surface area contributed by atoms with Gasteiger partial charge in [0.15, 0.2) is 0 Å². The molecular formula is C12H22N4O2. The average Bonchev–Trinajstić information content (AvgIpc) is 2.62. The van der Waals surface area contributed by atoms with Crippen LogP contribution < -0.4 is 10.6 Å². The van der Waals surface area contributed by atoms with E-state index in [4.69, 9.17) is 0 Å². The zero-order valence-corrected chi connectivity index (χ0v) is 11.2. The van der Waals surface area contributed by atoms with Crippen LogP contribution in [0.5, 0.6) is 0 Å². The first-order chi connectivity index (χ1) is 8.63. The molecule has 0 bridgehead atoms. The summed E-state index contributed by atoms with van der Waals surface area (Å²) >= 11 is 0. The van der Waals surface area contributed by atoms with Crippen molar-refractivity contribution in [2.45, 2.75) is 39.0 Å². The molecule has 1 saturated heterocycles. The fourth-order valence-electron chi connectivity index (χ4n) is 1.72. The van der Waals surface area contributed by atoms with Gasteiger partial charge in [-0.2, -0.15) is 4.99 Å². The lowest BCUT2D eigenvalue weighted by Crippen LogP contribution is -2.31. The molecule has 102 valence electrons. The number of aliphatic imine (C=N–C) groups is 1. The van der Waals surface area contributed by atoms with Gasteiger partial charge in [0.05, 0.1) is 6.54 Å². The number of nitrogens with one attached hydrogen (secondary N) is 2. The number of unbranched alkanes of at least 4 members (excludes halogenated alkanes) is 4. The van der Waals surface area contributed by atoms with Gasteiger partial charge < -0.3 is 10.2 Å². The number of guanidine groups is 1. The Labute approximate surface area is 108 Å². The first-order valence-electron chi connectivity index (χ1n) is 6.51. The van der Waals surface area contributed by atoms with Gasteiger partial charge in [0.2, 0.25) is 11.9 Å². The van der Waals surface area contributed by atoms with Gasteiger partial charge in [-0.25, -0.2) is 4.79 Å². The highest BCUT2D eigenvalue weighted by atomic mass is 16.2. The molecule has 0 aromatic rings. The standard InChI is InChI=1S/C12H22N4O2/c1-3-4-5-6-7-8-13-12(18)15-11-14-10(17)9-16(11)2/h3-9H2,1-2H3,(H2,13,14,15,17,18). The topological polar surface area (TPSA) is 73.8 Å². The van der Waals surface area contributed by atoms with Crippen molar-refractivity contribution in [1.82, 2.24) is 15.5 Å². The van der Waals surface area contributed by atoms with Gasteiger partial charge in [0, 0.05) is 13.6 Å². The molecule has 18 heavy (non-hydrogen) atoms. The maximum absolute atomic E-state index is 11.5. The monoisotopic (exact) mass is 254 g/mol. The van der Waals surface area contributed by atoms with Crippen LogP contribution in [0.25, 0.3) is 0 Å².